The van der Waals surface area contributed by atoms with Crippen LogP contribution >= 0.6 is 0 Å². The van der Waals surface area contributed by atoms with Crippen molar-refractivity contribution in [3.05, 3.63) is 96.1 Å². The lowest BCUT2D eigenvalue weighted by molar-refractivity contribution is 1.57. The van der Waals surface area contributed by atoms with Gasteiger partial charge in [-0.25, -0.2) is 0 Å². The summed E-state index contributed by atoms with van der Waals surface area (Å²) < 4.78 is 0. The number of hydrogen-bond acceptors (Lipinski definition) is 0. The monoisotopic (exact) mass is 308 g/mol. The van der Waals surface area contributed by atoms with Crippen LogP contribution in [-0.2, 0) is 0 Å². The maximum Gasteiger partial charge on any atom is -0.0109 e. The molecule has 0 aromatic heterocycles. The second kappa shape index (κ2) is 5.98. The molecule has 0 bridgehead atoms. The molecule has 116 valence electrons. The van der Waals surface area contributed by atoms with Gasteiger partial charge in [0.25, 0.3) is 0 Å². The van der Waals surface area contributed by atoms with E-state index < -0.39 is 0 Å². The molecule has 0 amide bonds. The van der Waals surface area contributed by atoms with Gasteiger partial charge in [-0.05, 0) is 58.4 Å². The van der Waals surface area contributed by atoms with Crippen LogP contribution in [0.15, 0.2) is 84.9 Å². The van der Waals surface area contributed by atoms with Crippen LogP contribution < -0.4 is 0 Å². The van der Waals surface area contributed by atoms with Gasteiger partial charge < -0.3 is 0 Å². The van der Waals surface area contributed by atoms with Gasteiger partial charge in [-0.15, -0.1) is 0 Å². The number of fused-ring (bicyclic) bond motifs is 2. The first kappa shape index (κ1) is 14.7. The van der Waals surface area contributed by atoms with Crippen LogP contribution in [0.3, 0.4) is 0 Å². The number of hydrogen-bond donors (Lipinski definition) is 0. The third kappa shape index (κ3) is 2.41. The van der Waals surface area contributed by atoms with Crippen LogP contribution in [0.2, 0.25) is 0 Å². The molecule has 0 saturated carbocycles. The Balaban J connectivity index is 1.87. The van der Waals surface area contributed by atoms with Crippen LogP contribution in [0.25, 0.3) is 33.4 Å². The molecule has 0 heteroatoms. The summed E-state index contributed by atoms with van der Waals surface area (Å²) in [6, 6.07) is 30.3. The first-order chi connectivity index (χ1) is 11.8. The maximum absolute atomic E-state index is 2.24. The minimum atomic E-state index is 1.29. The Kier molecular flexibility index (Phi) is 3.66. The van der Waals surface area contributed by atoms with Gasteiger partial charge in [0.1, 0.15) is 0 Å². The minimum Gasteiger partial charge on any atom is -0.0622 e. The van der Waals surface area contributed by atoms with E-state index in [1.165, 1.54) is 44.5 Å². The summed E-state index contributed by atoms with van der Waals surface area (Å²) >= 11 is 0. The Bertz CT molecular complexity index is 894. The average Bonchev–Trinajstić information content (AvgIpc) is 3.00. The number of allylic oxidation sites excluding steroid dienone is 2. The quantitative estimate of drug-likeness (QED) is 0.380. The van der Waals surface area contributed by atoms with E-state index in [1.54, 1.807) is 0 Å². The van der Waals surface area contributed by atoms with Crippen molar-refractivity contribution < 1.29 is 0 Å². The molecule has 0 saturated heterocycles. The molecule has 0 radical (unpaired) electrons. The Labute approximate surface area is 143 Å². The highest BCUT2D eigenvalue weighted by Crippen LogP contribution is 2.39. The van der Waals surface area contributed by atoms with Crippen LogP contribution in [0, 0.1) is 0 Å². The molecule has 4 aliphatic rings. The molecule has 0 N–H and O–H groups in total. The topological polar surface area (TPSA) is 0 Å². The summed E-state index contributed by atoms with van der Waals surface area (Å²) in [5.74, 6) is 0. The van der Waals surface area contributed by atoms with E-state index in [0.29, 0.717) is 0 Å². The van der Waals surface area contributed by atoms with Crippen LogP contribution in [0.5, 0.6) is 0 Å². The van der Waals surface area contributed by atoms with E-state index in [4.69, 9.17) is 0 Å². The second-order valence-corrected chi connectivity index (χ2v) is 6.30. The summed E-state index contributed by atoms with van der Waals surface area (Å²) in [6.45, 7) is 4.47. The fourth-order valence-electron chi connectivity index (χ4n) is 3.49. The maximum atomic E-state index is 2.24. The van der Waals surface area contributed by atoms with Gasteiger partial charge >= 0.3 is 0 Å². The largest absolute Gasteiger partial charge is 0.0622 e. The Morgan fingerprint density at radius 1 is 0.458 bits per heavy atom. The van der Waals surface area contributed by atoms with Gasteiger partial charge in [0.15, 0.2) is 0 Å². The molecule has 4 aliphatic carbocycles. The Morgan fingerprint density at radius 3 is 1.33 bits per heavy atom. The fourth-order valence-corrected chi connectivity index (χ4v) is 3.49. The molecule has 0 fully saturated rings. The van der Waals surface area contributed by atoms with E-state index in [1.807, 2.05) is 0 Å². The molecule has 0 aromatic carbocycles. The molecular weight excluding hydrogens is 288 g/mol. The highest BCUT2D eigenvalue weighted by Gasteiger charge is 2.15. The zero-order valence-electron chi connectivity index (χ0n) is 14.1. The summed E-state index contributed by atoms with van der Waals surface area (Å²) in [4.78, 5) is 0. The van der Waals surface area contributed by atoms with E-state index in [2.05, 4.69) is 98.8 Å². The van der Waals surface area contributed by atoms with Crippen molar-refractivity contribution in [1.29, 1.82) is 0 Å². The van der Waals surface area contributed by atoms with E-state index in [-0.39, 0.29) is 0 Å². The summed E-state index contributed by atoms with van der Waals surface area (Å²) in [5, 5.41) is 0. The highest BCUT2D eigenvalue weighted by atomic mass is 14.2. The molecule has 0 aromatic rings. The molecule has 4 rings (SSSR count). The molecule has 24 heavy (non-hydrogen) atoms. The highest BCUT2D eigenvalue weighted by molar-refractivity contribution is 5.98. The lowest BCUT2D eigenvalue weighted by Gasteiger charge is -2.10. The Hall–Kier alpha value is -2.86. The van der Waals surface area contributed by atoms with Crippen LogP contribution in [0.4, 0.5) is 0 Å². The molecule has 0 spiro atoms. The minimum absolute atomic E-state index is 1.29. The summed E-state index contributed by atoms with van der Waals surface area (Å²) in [7, 11) is 0. The van der Waals surface area contributed by atoms with Gasteiger partial charge in [-0.3, -0.25) is 0 Å². The summed E-state index contributed by atoms with van der Waals surface area (Å²) in [5.41, 5.74) is 10.6. The Morgan fingerprint density at radius 2 is 0.875 bits per heavy atom. The third-order valence-corrected chi connectivity index (χ3v) is 4.95. The lowest BCUT2D eigenvalue weighted by atomic mass is 9.94. The number of rotatable bonds is 2. The predicted octanol–water partition coefficient (Wildman–Crippen LogP) is 6.85. The van der Waals surface area contributed by atoms with Gasteiger partial charge in [0, 0.05) is 0 Å². The van der Waals surface area contributed by atoms with E-state index >= 15 is 0 Å². The van der Waals surface area contributed by atoms with Gasteiger partial charge in [-0.1, -0.05) is 84.9 Å². The zero-order valence-corrected chi connectivity index (χ0v) is 14.1. The van der Waals surface area contributed by atoms with Crippen molar-refractivity contribution in [2.45, 2.75) is 13.8 Å². The molecule has 0 heterocycles. The van der Waals surface area contributed by atoms with Crippen molar-refractivity contribution in [2.24, 2.45) is 0 Å². The molecule has 0 atom stereocenters. The molecule has 0 nitrogen and oxygen atoms in total. The van der Waals surface area contributed by atoms with Gasteiger partial charge in [0.2, 0.25) is 0 Å². The lowest BCUT2D eigenvalue weighted by Crippen LogP contribution is -1.86. The first-order valence-corrected chi connectivity index (χ1v) is 8.39. The van der Waals surface area contributed by atoms with E-state index in [0.717, 1.165) is 0 Å². The van der Waals surface area contributed by atoms with Crippen molar-refractivity contribution in [3.63, 3.8) is 0 Å². The average molecular weight is 308 g/mol. The van der Waals surface area contributed by atoms with Crippen LogP contribution in [-0.4, -0.2) is 0 Å². The smallest absolute Gasteiger partial charge is 0.0109 e. The van der Waals surface area contributed by atoms with Crippen molar-refractivity contribution in [2.75, 3.05) is 0 Å². The zero-order chi connectivity index (χ0) is 16.5. The van der Waals surface area contributed by atoms with Crippen molar-refractivity contribution >= 4 is 11.1 Å². The standard InChI is InChI=1S/C24H20/c1-17(21-15-13-19-9-5-3-7-11-23(19)21)18(2)22-16-14-20-10-6-4-8-12-24(20)22/h3-16H,1-2H3/b18-17+. The normalized spacial score (nSPS) is 12.4. The third-order valence-electron chi connectivity index (χ3n) is 4.95. The van der Waals surface area contributed by atoms with Gasteiger partial charge in [0.05, 0.1) is 0 Å². The molecule has 0 aliphatic heterocycles. The van der Waals surface area contributed by atoms with Crippen molar-refractivity contribution in [3.8, 4) is 22.3 Å². The molecular formula is C24H20. The SMILES string of the molecule is C/C(=C(/C)c1ccc2cccccc1-2)c1ccc2cccccc1-2. The van der Waals surface area contributed by atoms with Crippen molar-refractivity contribution in [1.82, 2.24) is 0 Å². The predicted molar refractivity (Wildman–Crippen MR) is 104 cm³/mol. The molecule has 0 unspecified atom stereocenters. The van der Waals surface area contributed by atoms with Gasteiger partial charge in [-0.2, -0.15) is 0 Å². The van der Waals surface area contributed by atoms with Crippen LogP contribution in [0.1, 0.15) is 25.0 Å². The summed E-state index contributed by atoms with van der Waals surface area (Å²) in [6.07, 6.45) is 0. The second-order valence-electron chi connectivity index (χ2n) is 6.30. The first-order valence-electron chi connectivity index (χ1n) is 8.39. The fraction of sp³-hybridized carbons (Fsp3) is 0.0833. The van der Waals surface area contributed by atoms with E-state index in [9.17, 15) is 0 Å².